The third-order valence-corrected chi connectivity index (χ3v) is 2.28. The van der Waals surface area contributed by atoms with E-state index in [0.717, 1.165) is 32.6 Å². The molecule has 70 valence electrons. The molecule has 0 radical (unpaired) electrons. The van der Waals surface area contributed by atoms with Crippen molar-refractivity contribution >= 4 is 5.96 Å². The summed E-state index contributed by atoms with van der Waals surface area (Å²) in [6, 6.07) is 0. The standard InChI is InChI=1S/C8H17N3O/c1-11(8(9)10)6-7-2-4-12-5-3-7/h7H,2-6H2,1H3,(H3,9,10). The average molecular weight is 171 g/mol. The molecule has 12 heavy (non-hydrogen) atoms. The van der Waals surface area contributed by atoms with Crippen LogP contribution in [-0.2, 0) is 4.74 Å². The summed E-state index contributed by atoms with van der Waals surface area (Å²) in [5.74, 6) is 0.800. The highest BCUT2D eigenvalue weighted by atomic mass is 16.5. The fourth-order valence-corrected chi connectivity index (χ4v) is 1.41. The lowest BCUT2D eigenvalue weighted by Gasteiger charge is -2.27. The predicted octanol–water partition coefficient (Wildman–Crippen LogP) is 0.238. The van der Waals surface area contributed by atoms with Gasteiger partial charge >= 0.3 is 0 Å². The van der Waals surface area contributed by atoms with Gasteiger partial charge in [-0.25, -0.2) is 0 Å². The Balaban J connectivity index is 2.24. The van der Waals surface area contributed by atoms with E-state index in [1.165, 1.54) is 0 Å². The van der Waals surface area contributed by atoms with Crippen molar-refractivity contribution in [2.75, 3.05) is 26.8 Å². The van der Waals surface area contributed by atoms with E-state index < -0.39 is 0 Å². The molecule has 3 N–H and O–H groups in total. The van der Waals surface area contributed by atoms with Gasteiger partial charge < -0.3 is 15.4 Å². The molecule has 0 aromatic rings. The molecule has 1 saturated heterocycles. The van der Waals surface area contributed by atoms with Crippen LogP contribution in [0.5, 0.6) is 0 Å². The van der Waals surface area contributed by atoms with E-state index in [-0.39, 0.29) is 5.96 Å². The Hall–Kier alpha value is -0.770. The topological polar surface area (TPSA) is 62.3 Å². The molecule has 0 aliphatic carbocycles. The fraction of sp³-hybridized carbons (Fsp3) is 0.875. The number of hydrogen-bond acceptors (Lipinski definition) is 2. The second-order valence-corrected chi connectivity index (χ2v) is 3.32. The minimum Gasteiger partial charge on any atom is -0.381 e. The molecule has 4 nitrogen and oxygen atoms in total. The molecule has 0 bridgehead atoms. The molecular formula is C8H17N3O. The number of nitrogens with two attached hydrogens (primary N) is 1. The maximum atomic E-state index is 7.19. The summed E-state index contributed by atoms with van der Waals surface area (Å²) in [5.41, 5.74) is 5.33. The zero-order chi connectivity index (χ0) is 8.97. The molecule has 0 spiro atoms. The number of hydrogen-bond donors (Lipinski definition) is 2. The SMILES string of the molecule is CN(CC1CCOCC1)C(=N)N. The van der Waals surface area contributed by atoms with E-state index in [0.29, 0.717) is 5.92 Å². The van der Waals surface area contributed by atoms with Crippen LogP contribution in [0.1, 0.15) is 12.8 Å². The van der Waals surface area contributed by atoms with Gasteiger partial charge in [0, 0.05) is 26.8 Å². The number of ether oxygens (including phenoxy) is 1. The third kappa shape index (κ3) is 2.70. The Bertz CT molecular complexity index is 154. The first-order valence-corrected chi connectivity index (χ1v) is 4.33. The van der Waals surface area contributed by atoms with Crippen LogP contribution >= 0.6 is 0 Å². The summed E-state index contributed by atoms with van der Waals surface area (Å²) < 4.78 is 5.24. The molecule has 0 atom stereocenters. The maximum Gasteiger partial charge on any atom is 0.188 e. The quantitative estimate of drug-likeness (QED) is 0.462. The van der Waals surface area contributed by atoms with E-state index in [4.69, 9.17) is 15.9 Å². The summed E-state index contributed by atoms with van der Waals surface area (Å²) in [6.45, 7) is 2.60. The molecule has 4 heteroatoms. The summed E-state index contributed by atoms with van der Waals surface area (Å²) >= 11 is 0. The van der Waals surface area contributed by atoms with Crippen LogP contribution in [0.15, 0.2) is 0 Å². The Morgan fingerprint density at radius 1 is 1.58 bits per heavy atom. The molecule has 0 unspecified atom stereocenters. The molecule has 0 aromatic carbocycles. The lowest BCUT2D eigenvalue weighted by molar-refractivity contribution is 0.0611. The zero-order valence-corrected chi connectivity index (χ0v) is 7.55. The molecular weight excluding hydrogens is 154 g/mol. The normalized spacial score (nSPS) is 19.1. The minimum absolute atomic E-state index is 0.154. The van der Waals surface area contributed by atoms with Gasteiger partial charge in [0.1, 0.15) is 0 Å². The van der Waals surface area contributed by atoms with Gasteiger partial charge in [-0.05, 0) is 18.8 Å². The molecule has 0 saturated carbocycles. The summed E-state index contributed by atoms with van der Waals surface area (Å²) in [4.78, 5) is 1.79. The molecule has 1 fully saturated rings. The molecule has 1 rings (SSSR count). The van der Waals surface area contributed by atoms with Crippen molar-refractivity contribution in [3.05, 3.63) is 0 Å². The van der Waals surface area contributed by atoms with Gasteiger partial charge in [-0.15, -0.1) is 0 Å². The van der Waals surface area contributed by atoms with Gasteiger partial charge in [0.05, 0.1) is 0 Å². The van der Waals surface area contributed by atoms with Crippen molar-refractivity contribution < 1.29 is 4.74 Å². The van der Waals surface area contributed by atoms with Crippen molar-refractivity contribution in [2.24, 2.45) is 11.7 Å². The van der Waals surface area contributed by atoms with Gasteiger partial charge in [-0.2, -0.15) is 0 Å². The van der Waals surface area contributed by atoms with Gasteiger partial charge in [0.2, 0.25) is 0 Å². The van der Waals surface area contributed by atoms with Crippen LogP contribution in [0.25, 0.3) is 0 Å². The van der Waals surface area contributed by atoms with E-state index in [1.54, 1.807) is 4.90 Å². The van der Waals surface area contributed by atoms with Crippen LogP contribution in [0.4, 0.5) is 0 Å². The van der Waals surface area contributed by atoms with Crippen molar-refractivity contribution in [2.45, 2.75) is 12.8 Å². The van der Waals surface area contributed by atoms with Crippen molar-refractivity contribution in [3.63, 3.8) is 0 Å². The van der Waals surface area contributed by atoms with E-state index >= 15 is 0 Å². The highest BCUT2D eigenvalue weighted by molar-refractivity contribution is 5.74. The van der Waals surface area contributed by atoms with Crippen LogP contribution in [-0.4, -0.2) is 37.7 Å². The Kier molecular flexibility index (Phi) is 3.34. The second-order valence-electron chi connectivity index (χ2n) is 3.32. The lowest BCUT2D eigenvalue weighted by Crippen LogP contribution is -2.37. The van der Waals surface area contributed by atoms with Crippen LogP contribution in [0.2, 0.25) is 0 Å². The summed E-state index contributed by atoms with van der Waals surface area (Å²) in [6.07, 6.45) is 2.19. The molecule has 1 aliphatic heterocycles. The first-order valence-electron chi connectivity index (χ1n) is 4.33. The number of nitrogens with zero attached hydrogens (tertiary/aromatic N) is 1. The Morgan fingerprint density at radius 3 is 2.67 bits per heavy atom. The van der Waals surface area contributed by atoms with Crippen LogP contribution < -0.4 is 5.73 Å². The van der Waals surface area contributed by atoms with Gasteiger partial charge in [0.15, 0.2) is 5.96 Å². The second kappa shape index (κ2) is 4.30. The summed E-state index contributed by atoms with van der Waals surface area (Å²) in [5, 5.41) is 7.19. The zero-order valence-electron chi connectivity index (χ0n) is 7.55. The number of nitrogens with one attached hydrogen (secondary N) is 1. The van der Waals surface area contributed by atoms with Crippen molar-refractivity contribution in [1.29, 1.82) is 5.41 Å². The fourth-order valence-electron chi connectivity index (χ4n) is 1.41. The number of rotatable bonds is 2. The molecule has 1 heterocycles. The molecule has 1 aliphatic rings. The third-order valence-electron chi connectivity index (χ3n) is 2.28. The van der Waals surface area contributed by atoms with Gasteiger partial charge in [-0.3, -0.25) is 5.41 Å². The van der Waals surface area contributed by atoms with Gasteiger partial charge in [-0.1, -0.05) is 0 Å². The highest BCUT2D eigenvalue weighted by Gasteiger charge is 2.15. The largest absolute Gasteiger partial charge is 0.381 e. The van der Waals surface area contributed by atoms with E-state index in [1.807, 2.05) is 7.05 Å². The Labute approximate surface area is 73.2 Å². The monoisotopic (exact) mass is 171 g/mol. The molecule has 0 amide bonds. The Morgan fingerprint density at radius 2 is 2.17 bits per heavy atom. The number of guanidine groups is 1. The summed E-state index contributed by atoms with van der Waals surface area (Å²) in [7, 11) is 1.86. The average Bonchev–Trinajstić information content (AvgIpc) is 2.06. The maximum absolute atomic E-state index is 7.19. The van der Waals surface area contributed by atoms with Crippen LogP contribution in [0, 0.1) is 11.3 Å². The predicted molar refractivity (Wildman–Crippen MR) is 48.1 cm³/mol. The van der Waals surface area contributed by atoms with E-state index in [9.17, 15) is 0 Å². The smallest absolute Gasteiger partial charge is 0.188 e. The first kappa shape index (κ1) is 9.32. The van der Waals surface area contributed by atoms with Crippen molar-refractivity contribution in [3.8, 4) is 0 Å². The highest BCUT2D eigenvalue weighted by Crippen LogP contribution is 2.14. The van der Waals surface area contributed by atoms with E-state index in [2.05, 4.69) is 0 Å². The van der Waals surface area contributed by atoms with Gasteiger partial charge in [0.25, 0.3) is 0 Å². The van der Waals surface area contributed by atoms with Crippen molar-refractivity contribution in [1.82, 2.24) is 4.90 Å². The lowest BCUT2D eigenvalue weighted by atomic mass is 10.0. The minimum atomic E-state index is 0.154. The van der Waals surface area contributed by atoms with Crippen LogP contribution in [0.3, 0.4) is 0 Å². The molecule has 0 aromatic heterocycles. The first-order chi connectivity index (χ1) is 5.70.